The maximum absolute atomic E-state index is 11.0. The molecular formula is C27H25N3O. The van der Waals surface area contributed by atoms with Crippen molar-refractivity contribution in [1.29, 1.82) is 0 Å². The smallest absolute Gasteiger partial charge is 0.150 e. The Hall–Kier alpha value is -3.89. The summed E-state index contributed by atoms with van der Waals surface area (Å²) < 4.78 is 0. The van der Waals surface area contributed by atoms with E-state index in [0.29, 0.717) is 0 Å². The van der Waals surface area contributed by atoms with Crippen molar-refractivity contribution in [2.45, 2.75) is 13.3 Å². The number of nitrogens with one attached hydrogen (secondary N) is 1. The van der Waals surface area contributed by atoms with Gasteiger partial charge in [0.1, 0.15) is 6.29 Å². The molecule has 0 amide bonds. The molecule has 0 aliphatic carbocycles. The number of H-pyrrole nitrogens is 1. The summed E-state index contributed by atoms with van der Waals surface area (Å²) in [5.74, 6) is 5.95. The number of hydrogen-bond acceptors (Lipinski definition) is 3. The molecule has 4 heteroatoms. The molecule has 0 spiro atoms. The van der Waals surface area contributed by atoms with Crippen LogP contribution in [0.15, 0.2) is 97.1 Å². The number of nitrogens with zero attached hydrogens (tertiary/aromatic N) is 1. The highest BCUT2D eigenvalue weighted by atomic mass is 16.1. The van der Waals surface area contributed by atoms with E-state index in [-0.39, 0.29) is 0 Å². The number of hydrogen-bond donors (Lipinski definition) is 2. The number of rotatable bonds is 4. The molecule has 0 atom stereocenters. The average Bonchev–Trinajstić information content (AvgIpc) is 3.23. The van der Waals surface area contributed by atoms with Gasteiger partial charge in [-0.3, -0.25) is 9.80 Å². The number of carbonyl (C=O) groups excluding carboxylic acids is 1. The third-order valence-corrected chi connectivity index (χ3v) is 5.30. The third kappa shape index (κ3) is 4.34. The van der Waals surface area contributed by atoms with Crippen LogP contribution in [-0.2, 0) is 6.42 Å². The van der Waals surface area contributed by atoms with E-state index in [1.54, 1.807) is 5.01 Å². The van der Waals surface area contributed by atoms with Gasteiger partial charge in [0.05, 0.1) is 11.4 Å². The van der Waals surface area contributed by atoms with Gasteiger partial charge in [0, 0.05) is 27.4 Å². The largest absolute Gasteiger partial charge is 0.354 e. The number of aryl methyl sites for hydroxylation is 1. The number of aldehydes is 1. The molecule has 0 saturated heterocycles. The predicted molar refractivity (Wildman–Crippen MR) is 130 cm³/mol. The highest BCUT2D eigenvalue weighted by Gasteiger charge is 2.08. The van der Waals surface area contributed by atoms with Crippen molar-refractivity contribution >= 4 is 39.5 Å². The summed E-state index contributed by atoms with van der Waals surface area (Å²) in [5, 5.41) is 3.99. The first-order valence-corrected chi connectivity index (χ1v) is 10.3. The van der Waals surface area contributed by atoms with Crippen LogP contribution in [0.5, 0.6) is 0 Å². The van der Waals surface area contributed by atoms with Crippen LogP contribution in [0.1, 0.15) is 22.8 Å². The van der Waals surface area contributed by atoms with Crippen LogP contribution in [0.3, 0.4) is 0 Å². The van der Waals surface area contributed by atoms with E-state index in [4.69, 9.17) is 5.84 Å². The van der Waals surface area contributed by atoms with E-state index in [9.17, 15) is 4.79 Å². The van der Waals surface area contributed by atoms with Crippen LogP contribution in [0, 0.1) is 0 Å². The van der Waals surface area contributed by atoms with Crippen molar-refractivity contribution in [3.8, 4) is 0 Å². The van der Waals surface area contributed by atoms with E-state index < -0.39 is 0 Å². The maximum Gasteiger partial charge on any atom is 0.150 e. The summed E-state index contributed by atoms with van der Waals surface area (Å²) in [7, 11) is 0. The van der Waals surface area contributed by atoms with Crippen LogP contribution >= 0.6 is 0 Å². The minimum Gasteiger partial charge on any atom is -0.354 e. The molecule has 4 nitrogen and oxygen atoms in total. The van der Waals surface area contributed by atoms with Gasteiger partial charge in [0.2, 0.25) is 0 Å². The number of aromatic nitrogens is 1. The molecule has 4 aromatic carbocycles. The molecular weight excluding hydrogens is 382 g/mol. The molecule has 0 fully saturated rings. The normalized spacial score (nSPS) is 10.5. The SMILES string of the molecule is CCc1cc(C=O)cc2c1[nH]c1ccccc12.NN(c1ccccc1)c1ccccc1. The molecule has 5 aromatic rings. The van der Waals surface area contributed by atoms with Crippen molar-refractivity contribution in [2.75, 3.05) is 5.01 Å². The first-order valence-electron chi connectivity index (χ1n) is 10.3. The number of nitrogens with two attached hydrogens (primary N) is 1. The Morgan fingerprint density at radius 2 is 1.39 bits per heavy atom. The summed E-state index contributed by atoms with van der Waals surface area (Å²) >= 11 is 0. The number of benzene rings is 4. The van der Waals surface area contributed by atoms with Crippen molar-refractivity contribution in [3.63, 3.8) is 0 Å². The van der Waals surface area contributed by atoms with Crippen LogP contribution in [0.2, 0.25) is 0 Å². The summed E-state index contributed by atoms with van der Waals surface area (Å²) in [5.41, 5.74) is 6.19. The van der Waals surface area contributed by atoms with E-state index >= 15 is 0 Å². The second-order valence-corrected chi connectivity index (χ2v) is 7.29. The van der Waals surface area contributed by atoms with Crippen molar-refractivity contribution < 1.29 is 4.79 Å². The lowest BCUT2D eigenvalue weighted by molar-refractivity contribution is 0.112. The molecule has 154 valence electrons. The lowest BCUT2D eigenvalue weighted by Gasteiger charge is -2.18. The molecule has 0 unspecified atom stereocenters. The lowest BCUT2D eigenvalue weighted by atomic mass is 10.0. The fraction of sp³-hybridized carbons (Fsp3) is 0.0741. The van der Waals surface area contributed by atoms with Gasteiger partial charge in [-0.25, -0.2) is 5.84 Å². The number of para-hydroxylation sites is 3. The van der Waals surface area contributed by atoms with E-state index in [1.807, 2.05) is 84.9 Å². The Kier molecular flexibility index (Phi) is 6.11. The molecule has 0 aliphatic rings. The zero-order valence-corrected chi connectivity index (χ0v) is 17.5. The molecule has 0 saturated carbocycles. The minimum absolute atomic E-state index is 0.749. The quantitative estimate of drug-likeness (QED) is 0.206. The summed E-state index contributed by atoms with van der Waals surface area (Å²) in [6, 6.07) is 31.9. The van der Waals surface area contributed by atoms with Crippen LogP contribution in [-0.4, -0.2) is 11.3 Å². The minimum atomic E-state index is 0.749. The Labute approximate surface area is 181 Å². The molecule has 0 radical (unpaired) electrons. The zero-order chi connectivity index (χ0) is 21.6. The Balaban J connectivity index is 0.000000152. The van der Waals surface area contributed by atoms with Gasteiger partial charge in [-0.15, -0.1) is 0 Å². The van der Waals surface area contributed by atoms with Crippen molar-refractivity contribution in [2.24, 2.45) is 5.84 Å². The Morgan fingerprint density at radius 3 is 1.97 bits per heavy atom. The summed E-state index contributed by atoms with van der Waals surface area (Å²) in [6.45, 7) is 2.11. The van der Waals surface area contributed by atoms with E-state index in [1.165, 1.54) is 10.9 Å². The van der Waals surface area contributed by atoms with Gasteiger partial charge < -0.3 is 4.98 Å². The molecule has 0 bridgehead atoms. The van der Waals surface area contributed by atoms with Gasteiger partial charge in [0.15, 0.2) is 0 Å². The summed E-state index contributed by atoms with van der Waals surface area (Å²) in [6.07, 6.45) is 1.84. The first-order chi connectivity index (χ1) is 15.2. The fourth-order valence-corrected chi connectivity index (χ4v) is 3.72. The molecule has 1 aromatic heterocycles. The van der Waals surface area contributed by atoms with Crippen LogP contribution in [0.4, 0.5) is 11.4 Å². The van der Waals surface area contributed by atoms with Gasteiger partial charge in [-0.2, -0.15) is 0 Å². The number of carbonyl (C=O) groups is 1. The maximum atomic E-state index is 11.0. The highest BCUT2D eigenvalue weighted by Crippen LogP contribution is 2.28. The average molecular weight is 408 g/mol. The second kappa shape index (κ2) is 9.28. The molecule has 31 heavy (non-hydrogen) atoms. The molecule has 1 heterocycles. The lowest BCUT2D eigenvalue weighted by Crippen LogP contribution is -2.24. The van der Waals surface area contributed by atoms with E-state index in [0.717, 1.165) is 46.1 Å². The van der Waals surface area contributed by atoms with Crippen LogP contribution in [0.25, 0.3) is 21.8 Å². The Bertz CT molecular complexity index is 1250. The van der Waals surface area contributed by atoms with Gasteiger partial charge in [-0.1, -0.05) is 61.5 Å². The number of fused-ring (bicyclic) bond motifs is 3. The summed E-state index contributed by atoms with van der Waals surface area (Å²) in [4.78, 5) is 14.4. The van der Waals surface area contributed by atoms with Gasteiger partial charge >= 0.3 is 0 Å². The van der Waals surface area contributed by atoms with Crippen molar-refractivity contribution in [1.82, 2.24) is 4.98 Å². The third-order valence-electron chi connectivity index (χ3n) is 5.30. The second-order valence-electron chi connectivity index (χ2n) is 7.29. The molecule has 5 rings (SSSR count). The predicted octanol–water partition coefficient (Wildman–Crippen LogP) is 6.39. The topological polar surface area (TPSA) is 62.1 Å². The number of anilines is 2. The highest BCUT2D eigenvalue weighted by molar-refractivity contribution is 6.09. The molecule has 3 N–H and O–H groups in total. The standard InChI is InChI=1S/C15H13NO.C12H12N2/c1-2-11-7-10(9-17)8-13-12-5-3-4-6-14(12)16-15(11)13;13-14(11-7-3-1-4-8-11)12-9-5-2-6-10-12/h3-9,16H,2H2,1H3;1-10H,13H2. The van der Waals surface area contributed by atoms with Crippen LogP contribution < -0.4 is 10.9 Å². The van der Waals surface area contributed by atoms with Crippen molar-refractivity contribution in [3.05, 3.63) is 108 Å². The first kappa shape index (κ1) is 20.4. The number of hydrazine groups is 1. The Morgan fingerprint density at radius 1 is 0.806 bits per heavy atom. The molecule has 0 aliphatic heterocycles. The number of aromatic amines is 1. The van der Waals surface area contributed by atoms with E-state index in [2.05, 4.69) is 24.0 Å². The fourth-order valence-electron chi connectivity index (χ4n) is 3.72. The monoisotopic (exact) mass is 407 g/mol. The zero-order valence-electron chi connectivity index (χ0n) is 17.5. The van der Waals surface area contributed by atoms with Gasteiger partial charge in [0.25, 0.3) is 0 Å². The van der Waals surface area contributed by atoms with Gasteiger partial charge in [-0.05, 0) is 54.4 Å².